The molecule has 2 heterocycles. The average molecular weight is 344 g/mol. The summed E-state index contributed by atoms with van der Waals surface area (Å²) in [4.78, 5) is 31.8. The van der Waals surface area contributed by atoms with Gasteiger partial charge in [0, 0.05) is 30.1 Å². The van der Waals surface area contributed by atoms with Crippen LogP contribution in [-0.2, 0) is 29.0 Å². The van der Waals surface area contributed by atoms with Crippen LogP contribution in [0.4, 0.5) is 10.8 Å². The molecule has 2 amide bonds. The van der Waals surface area contributed by atoms with Gasteiger partial charge in [-0.25, -0.2) is 4.98 Å². The minimum Gasteiger partial charge on any atom is -0.318 e. The third-order valence-corrected chi connectivity index (χ3v) is 4.97. The van der Waals surface area contributed by atoms with Crippen LogP contribution in [0.5, 0.6) is 0 Å². The highest BCUT2D eigenvalue weighted by atomic mass is 32.1. The summed E-state index contributed by atoms with van der Waals surface area (Å²) in [5.41, 5.74) is 2.80. The number of nitrogens with zero attached hydrogens (tertiary/aromatic N) is 2. The number of carbonyl (C=O) groups is 2. The molecule has 3 rings (SSSR count). The Morgan fingerprint density at radius 3 is 2.62 bits per heavy atom. The zero-order valence-corrected chi connectivity index (χ0v) is 14.6. The number of amides is 2. The molecular formula is C17H20N4O2S. The van der Waals surface area contributed by atoms with E-state index in [0.29, 0.717) is 10.8 Å². The van der Waals surface area contributed by atoms with Crippen molar-refractivity contribution in [2.75, 3.05) is 24.2 Å². The highest BCUT2D eigenvalue weighted by molar-refractivity contribution is 7.16. The number of benzene rings is 1. The molecule has 2 aromatic rings. The van der Waals surface area contributed by atoms with Gasteiger partial charge in [0.15, 0.2) is 5.13 Å². The van der Waals surface area contributed by atoms with Crippen molar-refractivity contribution in [1.82, 2.24) is 9.88 Å². The standard InChI is InChI=1S/C17H20N4O2S/c1-3-11-4-6-12(7-5-11)18-15(22)16(23)20-17-19-13-8-9-21(2)10-14(13)24-17/h4-7H,3,8-10H2,1-2H3,(H,18,22)(H,19,20,23). The molecule has 0 bridgehead atoms. The first-order chi connectivity index (χ1) is 11.5. The van der Waals surface area contributed by atoms with Crippen molar-refractivity contribution < 1.29 is 9.59 Å². The summed E-state index contributed by atoms with van der Waals surface area (Å²) in [6.45, 7) is 3.85. The van der Waals surface area contributed by atoms with Crippen LogP contribution in [0.15, 0.2) is 24.3 Å². The Kier molecular flexibility index (Phi) is 4.92. The minimum atomic E-state index is -0.700. The molecule has 126 valence electrons. The summed E-state index contributed by atoms with van der Waals surface area (Å²) in [6.07, 6.45) is 1.80. The van der Waals surface area contributed by atoms with Crippen LogP contribution in [0.3, 0.4) is 0 Å². The number of carbonyl (C=O) groups excluding carboxylic acids is 2. The second-order valence-electron chi connectivity index (χ2n) is 5.84. The van der Waals surface area contributed by atoms with Crippen LogP contribution in [0.2, 0.25) is 0 Å². The van der Waals surface area contributed by atoms with Gasteiger partial charge >= 0.3 is 11.8 Å². The van der Waals surface area contributed by atoms with E-state index in [-0.39, 0.29) is 0 Å². The quantitative estimate of drug-likeness (QED) is 0.838. The van der Waals surface area contributed by atoms with E-state index in [1.807, 2.05) is 12.1 Å². The van der Waals surface area contributed by atoms with Gasteiger partial charge in [0.25, 0.3) is 0 Å². The molecule has 0 fully saturated rings. The zero-order valence-electron chi connectivity index (χ0n) is 13.8. The highest BCUT2D eigenvalue weighted by Crippen LogP contribution is 2.27. The molecule has 24 heavy (non-hydrogen) atoms. The maximum absolute atomic E-state index is 12.1. The topological polar surface area (TPSA) is 74.3 Å². The molecule has 0 saturated heterocycles. The maximum Gasteiger partial charge on any atom is 0.315 e. The number of hydrogen-bond acceptors (Lipinski definition) is 5. The van der Waals surface area contributed by atoms with Crippen LogP contribution >= 0.6 is 11.3 Å². The molecule has 0 aliphatic carbocycles. The number of aryl methyl sites for hydroxylation is 1. The third kappa shape index (κ3) is 3.80. The number of nitrogens with one attached hydrogen (secondary N) is 2. The Balaban J connectivity index is 1.60. The molecule has 0 unspecified atom stereocenters. The minimum absolute atomic E-state index is 0.483. The SMILES string of the molecule is CCc1ccc(NC(=O)C(=O)Nc2nc3c(s2)CN(C)CC3)cc1. The van der Waals surface area contributed by atoms with E-state index in [2.05, 4.69) is 34.5 Å². The lowest BCUT2D eigenvalue weighted by Gasteiger charge is -2.20. The zero-order chi connectivity index (χ0) is 17.1. The summed E-state index contributed by atoms with van der Waals surface area (Å²) in [5.74, 6) is -1.39. The van der Waals surface area contributed by atoms with Crippen LogP contribution in [0, 0.1) is 0 Å². The van der Waals surface area contributed by atoms with Crippen molar-refractivity contribution in [3.05, 3.63) is 40.4 Å². The van der Waals surface area contributed by atoms with Gasteiger partial charge in [0.05, 0.1) is 5.69 Å². The summed E-state index contributed by atoms with van der Waals surface area (Å²) < 4.78 is 0. The fourth-order valence-corrected chi connectivity index (χ4v) is 3.63. The van der Waals surface area contributed by atoms with Gasteiger partial charge in [-0.2, -0.15) is 0 Å². The third-order valence-electron chi connectivity index (χ3n) is 3.97. The largest absolute Gasteiger partial charge is 0.318 e. The molecule has 0 saturated carbocycles. The Hall–Kier alpha value is -2.25. The molecule has 2 N–H and O–H groups in total. The Labute approximate surface area is 144 Å². The van der Waals surface area contributed by atoms with Crippen LogP contribution in [0.25, 0.3) is 0 Å². The number of aromatic nitrogens is 1. The monoisotopic (exact) mass is 344 g/mol. The number of likely N-dealkylation sites (N-methyl/N-ethyl adjacent to an activating group) is 1. The number of thiazole rings is 1. The van der Waals surface area contributed by atoms with Gasteiger partial charge in [0.2, 0.25) is 0 Å². The lowest BCUT2D eigenvalue weighted by Crippen LogP contribution is -2.29. The summed E-state index contributed by atoms with van der Waals surface area (Å²) in [7, 11) is 2.05. The molecule has 0 radical (unpaired) electrons. The van der Waals surface area contributed by atoms with E-state index >= 15 is 0 Å². The first-order valence-electron chi connectivity index (χ1n) is 7.93. The van der Waals surface area contributed by atoms with Crippen LogP contribution in [0.1, 0.15) is 23.1 Å². The fourth-order valence-electron chi connectivity index (χ4n) is 2.54. The summed E-state index contributed by atoms with van der Waals surface area (Å²) in [6, 6.07) is 7.45. The van der Waals surface area contributed by atoms with E-state index in [1.165, 1.54) is 16.9 Å². The molecular weight excluding hydrogens is 324 g/mol. The lowest BCUT2D eigenvalue weighted by molar-refractivity contribution is -0.132. The Bertz CT molecular complexity index is 754. The smallest absolute Gasteiger partial charge is 0.315 e. The van der Waals surface area contributed by atoms with Gasteiger partial charge in [-0.3, -0.25) is 14.9 Å². The van der Waals surface area contributed by atoms with Crippen molar-refractivity contribution in [3.8, 4) is 0 Å². The second kappa shape index (κ2) is 7.11. The number of hydrogen-bond donors (Lipinski definition) is 2. The molecule has 1 aliphatic heterocycles. The number of rotatable bonds is 3. The molecule has 1 aliphatic rings. The molecule has 0 atom stereocenters. The molecule has 1 aromatic heterocycles. The lowest BCUT2D eigenvalue weighted by atomic mass is 10.1. The van der Waals surface area contributed by atoms with Gasteiger partial charge in [-0.15, -0.1) is 11.3 Å². The summed E-state index contributed by atoms with van der Waals surface area (Å²) >= 11 is 1.43. The van der Waals surface area contributed by atoms with Gasteiger partial charge in [0.1, 0.15) is 0 Å². The van der Waals surface area contributed by atoms with E-state index in [0.717, 1.165) is 36.5 Å². The van der Waals surface area contributed by atoms with E-state index in [4.69, 9.17) is 0 Å². The van der Waals surface area contributed by atoms with Crippen molar-refractivity contribution >= 4 is 34.0 Å². The van der Waals surface area contributed by atoms with E-state index in [9.17, 15) is 9.59 Å². The molecule has 1 aromatic carbocycles. The number of fused-ring (bicyclic) bond motifs is 1. The predicted octanol–water partition coefficient (Wildman–Crippen LogP) is 2.27. The van der Waals surface area contributed by atoms with Crippen molar-refractivity contribution in [1.29, 1.82) is 0 Å². The normalized spacial score (nSPS) is 14.1. The molecule has 0 spiro atoms. The first-order valence-corrected chi connectivity index (χ1v) is 8.75. The second-order valence-corrected chi connectivity index (χ2v) is 6.92. The molecule has 7 heteroatoms. The highest BCUT2D eigenvalue weighted by Gasteiger charge is 2.21. The van der Waals surface area contributed by atoms with Crippen molar-refractivity contribution in [3.63, 3.8) is 0 Å². The van der Waals surface area contributed by atoms with Crippen LogP contribution < -0.4 is 10.6 Å². The predicted molar refractivity (Wildman–Crippen MR) is 95.2 cm³/mol. The Morgan fingerprint density at radius 2 is 1.92 bits per heavy atom. The van der Waals surface area contributed by atoms with E-state index < -0.39 is 11.8 Å². The summed E-state index contributed by atoms with van der Waals surface area (Å²) in [5, 5.41) is 5.68. The van der Waals surface area contributed by atoms with Crippen molar-refractivity contribution in [2.45, 2.75) is 26.3 Å². The molecule has 6 nitrogen and oxygen atoms in total. The van der Waals surface area contributed by atoms with Gasteiger partial charge in [-0.05, 0) is 31.2 Å². The van der Waals surface area contributed by atoms with E-state index in [1.54, 1.807) is 12.1 Å². The maximum atomic E-state index is 12.1. The number of anilines is 2. The fraction of sp³-hybridized carbons (Fsp3) is 0.353. The first kappa shape index (κ1) is 16.6. The van der Waals surface area contributed by atoms with Crippen molar-refractivity contribution in [2.24, 2.45) is 0 Å². The van der Waals surface area contributed by atoms with Gasteiger partial charge in [-0.1, -0.05) is 19.1 Å². The Morgan fingerprint density at radius 1 is 1.21 bits per heavy atom. The van der Waals surface area contributed by atoms with Gasteiger partial charge < -0.3 is 10.2 Å². The van der Waals surface area contributed by atoms with Crippen LogP contribution in [-0.4, -0.2) is 35.3 Å². The average Bonchev–Trinajstić information content (AvgIpc) is 2.96.